The number of carbonyl (C=O) groups is 2. The van der Waals surface area contributed by atoms with Crippen molar-refractivity contribution in [3.8, 4) is 0 Å². The van der Waals surface area contributed by atoms with Gasteiger partial charge in [0.25, 0.3) is 5.91 Å². The predicted octanol–water partition coefficient (Wildman–Crippen LogP) is 0.554. The molecule has 1 aliphatic rings. The molecular weight excluding hydrogens is 246 g/mol. The number of nitrogens with one attached hydrogen (secondary N) is 1. The number of imide groups is 1. The van der Waals surface area contributed by atoms with Crippen molar-refractivity contribution in [3.63, 3.8) is 0 Å². The minimum Gasteiger partial charge on any atom is -0.341 e. The summed E-state index contributed by atoms with van der Waals surface area (Å²) in [6.07, 6.45) is 2.44. The molecule has 1 aromatic rings. The number of aromatic nitrogens is 3. The lowest BCUT2D eigenvalue weighted by molar-refractivity contribution is -0.146. The molecule has 1 aromatic heterocycles. The molecule has 0 spiro atoms. The van der Waals surface area contributed by atoms with Crippen LogP contribution in [0.5, 0.6) is 0 Å². The number of anilines is 1. The first-order valence-electron chi connectivity index (χ1n) is 6.25. The summed E-state index contributed by atoms with van der Waals surface area (Å²) >= 11 is 0. The molecule has 2 amide bonds. The highest BCUT2D eigenvalue weighted by Gasteiger charge is 2.32. The highest BCUT2D eigenvalue weighted by Crippen LogP contribution is 2.15. The fourth-order valence-electron chi connectivity index (χ4n) is 1.82. The van der Waals surface area contributed by atoms with E-state index < -0.39 is 6.04 Å². The molecule has 1 unspecified atom stereocenters. The summed E-state index contributed by atoms with van der Waals surface area (Å²) in [4.78, 5) is 28.5. The molecule has 0 aliphatic carbocycles. The molecule has 1 saturated heterocycles. The Morgan fingerprint density at radius 1 is 1.37 bits per heavy atom. The van der Waals surface area contributed by atoms with Crippen LogP contribution in [0.3, 0.4) is 0 Å². The van der Waals surface area contributed by atoms with Crippen LogP contribution in [0.15, 0.2) is 6.20 Å². The maximum Gasteiger partial charge on any atom is 0.251 e. The number of carbonyl (C=O) groups excluding carboxylic acids is 2. The first-order chi connectivity index (χ1) is 8.99. The van der Waals surface area contributed by atoms with Crippen LogP contribution in [0.1, 0.15) is 38.3 Å². The molecule has 0 aromatic carbocycles. The van der Waals surface area contributed by atoms with Crippen LogP contribution in [0.2, 0.25) is 0 Å². The molecule has 1 N–H and O–H groups in total. The lowest BCUT2D eigenvalue weighted by Crippen LogP contribution is -2.48. The Morgan fingerprint density at radius 3 is 2.68 bits per heavy atom. The van der Waals surface area contributed by atoms with E-state index in [0.717, 1.165) is 10.6 Å². The summed E-state index contributed by atoms with van der Waals surface area (Å²) in [5.74, 6) is 0.157. The Hall–Kier alpha value is -2.05. The normalized spacial score (nSPS) is 20.0. The maximum atomic E-state index is 11.9. The van der Waals surface area contributed by atoms with Gasteiger partial charge in [0.15, 0.2) is 0 Å². The molecule has 2 heterocycles. The largest absolute Gasteiger partial charge is 0.341 e. The number of nitrogens with zero attached hydrogens (tertiary/aromatic N) is 4. The van der Waals surface area contributed by atoms with E-state index in [4.69, 9.17) is 0 Å². The van der Waals surface area contributed by atoms with Crippen molar-refractivity contribution >= 4 is 17.8 Å². The molecule has 1 fully saturated rings. The van der Waals surface area contributed by atoms with Gasteiger partial charge in [0.2, 0.25) is 11.9 Å². The fourth-order valence-corrected chi connectivity index (χ4v) is 1.82. The van der Waals surface area contributed by atoms with Gasteiger partial charge in [-0.05, 0) is 12.3 Å². The summed E-state index contributed by atoms with van der Waals surface area (Å²) in [7, 11) is 1.49. The van der Waals surface area contributed by atoms with Crippen molar-refractivity contribution in [2.24, 2.45) is 0 Å². The van der Waals surface area contributed by atoms with Crippen LogP contribution in [-0.2, 0) is 9.59 Å². The highest BCUT2D eigenvalue weighted by molar-refractivity contribution is 6.01. The van der Waals surface area contributed by atoms with Crippen molar-refractivity contribution in [1.29, 1.82) is 0 Å². The second kappa shape index (κ2) is 5.29. The lowest BCUT2D eigenvalue weighted by Gasteiger charge is -2.27. The minimum atomic E-state index is -0.464. The molecule has 7 heteroatoms. The van der Waals surface area contributed by atoms with Gasteiger partial charge in [-0.25, -0.2) is 4.98 Å². The van der Waals surface area contributed by atoms with E-state index in [1.807, 2.05) is 13.8 Å². The number of hydrogen-bond donors (Lipinski definition) is 1. The standard InChI is InChI=1S/C12H17N5O2/c1-7(2)9-6-13-12(16-15-9)14-8-4-5-10(18)17(3)11(8)19/h6-8H,4-5H2,1-3H3,(H,13,14,16). The molecule has 2 rings (SSSR count). The van der Waals surface area contributed by atoms with Gasteiger partial charge in [0.05, 0.1) is 11.9 Å². The van der Waals surface area contributed by atoms with Crippen LogP contribution in [-0.4, -0.2) is 45.0 Å². The molecule has 0 bridgehead atoms. The predicted molar refractivity (Wildman–Crippen MR) is 68.3 cm³/mol. The Balaban J connectivity index is 2.05. The van der Waals surface area contributed by atoms with Crippen LogP contribution < -0.4 is 5.32 Å². The van der Waals surface area contributed by atoms with Gasteiger partial charge in [-0.2, -0.15) is 5.10 Å². The summed E-state index contributed by atoms with van der Waals surface area (Å²) in [6, 6.07) is -0.464. The molecule has 0 radical (unpaired) electrons. The Morgan fingerprint density at radius 2 is 2.11 bits per heavy atom. The van der Waals surface area contributed by atoms with Gasteiger partial charge >= 0.3 is 0 Å². The van der Waals surface area contributed by atoms with Crippen molar-refractivity contribution in [2.45, 2.75) is 38.6 Å². The third kappa shape index (κ3) is 2.86. The third-order valence-electron chi connectivity index (χ3n) is 3.12. The van der Waals surface area contributed by atoms with E-state index in [2.05, 4.69) is 20.5 Å². The Kier molecular flexibility index (Phi) is 3.73. The smallest absolute Gasteiger partial charge is 0.251 e. The Labute approximate surface area is 111 Å². The number of amides is 2. The first kappa shape index (κ1) is 13.4. The van der Waals surface area contributed by atoms with Gasteiger partial charge in [0.1, 0.15) is 6.04 Å². The number of hydrogen-bond acceptors (Lipinski definition) is 6. The van der Waals surface area contributed by atoms with E-state index in [1.165, 1.54) is 7.05 Å². The van der Waals surface area contributed by atoms with Crippen LogP contribution in [0, 0.1) is 0 Å². The van der Waals surface area contributed by atoms with Crippen LogP contribution in [0.25, 0.3) is 0 Å². The zero-order valence-electron chi connectivity index (χ0n) is 11.3. The highest BCUT2D eigenvalue weighted by atomic mass is 16.2. The minimum absolute atomic E-state index is 0.155. The van der Waals surface area contributed by atoms with Gasteiger partial charge < -0.3 is 5.32 Å². The number of piperidine rings is 1. The summed E-state index contributed by atoms with van der Waals surface area (Å²) in [6.45, 7) is 4.01. The van der Waals surface area contributed by atoms with Crippen molar-refractivity contribution in [1.82, 2.24) is 20.1 Å². The monoisotopic (exact) mass is 263 g/mol. The number of rotatable bonds is 3. The molecule has 19 heavy (non-hydrogen) atoms. The summed E-state index contributed by atoms with van der Waals surface area (Å²) in [5, 5.41) is 10.9. The van der Waals surface area contributed by atoms with E-state index in [1.54, 1.807) is 6.20 Å². The molecule has 7 nitrogen and oxygen atoms in total. The van der Waals surface area contributed by atoms with Crippen molar-refractivity contribution < 1.29 is 9.59 Å². The molecule has 102 valence electrons. The Bertz CT molecular complexity index is 485. The van der Waals surface area contributed by atoms with Gasteiger partial charge in [-0.1, -0.05) is 13.8 Å². The molecular formula is C12H17N5O2. The topological polar surface area (TPSA) is 88.1 Å². The second-order valence-electron chi connectivity index (χ2n) is 4.89. The maximum absolute atomic E-state index is 11.9. The van der Waals surface area contributed by atoms with Crippen LogP contribution in [0.4, 0.5) is 5.95 Å². The lowest BCUT2D eigenvalue weighted by atomic mass is 10.1. The average molecular weight is 263 g/mol. The second-order valence-corrected chi connectivity index (χ2v) is 4.89. The van der Waals surface area contributed by atoms with Gasteiger partial charge in [0, 0.05) is 13.5 Å². The molecule has 1 atom stereocenters. The van der Waals surface area contributed by atoms with E-state index in [-0.39, 0.29) is 17.7 Å². The quantitative estimate of drug-likeness (QED) is 0.801. The van der Waals surface area contributed by atoms with Crippen LogP contribution >= 0.6 is 0 Å². The zero-order chi connectivity index (χ0) is 14.0. The van der Waals surface area contributed by atoms with Gasteiger partial charge in [-0.3, -0.25) is 14.5 Å². The molecule has 1 aliphatic heterocycles. The number of likely N-dealkylation sites (tertiary alicyclic amines) is 1. The summed E-state index contributed by atoms with van der Waals surface area (Å²) < 4.78 is 0. The number of likely N-dealkylation sites (N-methyl/N-ethyl adjacent to an activating group) is 1. The van der Waals surface area contributed by atoms with E-state index in [0.29, 0.717) is 18.8 Å². The third-order valence-corrected chi connectivity index (χ3v) is 3.12. The first-order valence-corrected chi connectivity index (χ1v) is 6.25. The van der Waals surface area contributed by atoms with E-state index in [9.17, 15) is 9.59 Å². The average Bonchev–Trinajstić information content (AvgIpc) is 2.40. The van der Waals surface area contributed by atoms with Crippen molar-refractivity contribution in [3.05, 3.63) is 11.9 Å². The van der Waals surface area contributed by atoms with E-state index >= 15 is 0 Å². The zero-order valence-corrected chi connectivity index (χ0v) is 11.3. The van der Waals surface area contributed by atoms with Crippen molar-refractivity contribution in [2.75, 3.05) is 12.4 Å². The molecule has 0 saturated carbocycles. The summed E-state index contributed by atoms with van der Waals surface area (Å²) in [5.41, 5.74) is 0.799. The fraction of sp³-hybridized carbons (Fsp3) is 0.583. The van der Waals surface area contributed by atoms with Gasteiger partial charge in [-0.15, -0.1) is 5.10 Å². The SMILES string of the molecule is CC(C)c1cnc(NC2CCC(=O)N(C)C2=O)nn1.